The zero-order valence-electron chi connectivity index (χ0n) is 13.0. The first kappa shape index (κ1) is 15.0. The number of carbonyl (C=O) groups is 1. The van der Waals surface area contributed by atoms with Crippen LogP contribution in [0.15, 0.2) is 24.5 Å². The summed E-state index contributed by atoms with van der Waals surface area (Å²) in [6.07, 6.45) is 11.5. The van der Waals surface area contributed by atoms with Gasteiger partial charge in [0.1, 0.15) is 5.65 Å². The number of hydrogen-bond donors (Lipinski definition) is 3. The Balaban J connectivity index is 0.000000133. The van der Waals surface area contributed by atoms with Gasteiger partial charge in [-0.25, -0.2) is 4.98 Å². The summed E-state index contributed by atoms with van der Waals surface area (Å²) >= 11 is 0. The molecule has 2 aromatic heterocycles. The van der Waals surface area contributed by atoms with Crippen LogP contribution in [0.25, 0.3) is 11.0 Å². The molecule has 5 heteroatoms. The van der Waals surface area contributed by atoms with Crippen LogP contribution in [0.4, 0.5) is 5.69 Å². The van der Waals surface area contributed by atoms with E-state index < -0.39 is 0 Å². The van der Waals surface area contributed by atoms with E-state index >= 15 is 0 Å². The minimum atomic E-state index is 0.648. The van der Waals surface area contributed by atoms with Gasteiger partial charge < -0.3 is 15.6 Å². The lowest BCUT2D eigenvalue weighted by atomic mass is 9.86. The SMILES string of the molecule is CNC1CC2CCC(C2)C1.O=CNc1c[nH]c2ncccc12. The number of carbonyl (C=O) groups excluding carboxylic acids is 1. The Morgan fingerprint density at radius 3 is 2.73 bits per heavy atom. The molecule has 2 aliphatic carbocycles. The maximum atomic E-state index is 10.2. The lowest BCUT2D eigenvalue weighted by Gasteiger charge is -2.26. The lowest BCUT2D eigenvalue weighted by Crippen LogP contribution is -2.31. The Bertz CT molecular complexity index is 612. The van der Waals surface area contributed by atoms with Crippen molar-refractivity contribution in [3.8, 4) is 0 Å². The van der Waals surface area contributed by atoms with Gasteiger partial charge in [-0.3, -0.25) is 4.79 Å². The van der Waals surface area contributed by atoms with Crippen molar-refractivity contribution in [2.75, 3.05) is 12.4 Å². The molecular formula is C17H24N4O. The molecule has 0 aromatic carbocycles. The monoisotopic (exact) mass is 300 g/mol. The first-order valence-corrected chi connectivity index (χ1v) is 8.09. The van der Waals surface area contributed by atoms with Crippen molar-refractivity contribution in [1.82, 2.24) is 15.3 Å². The highest BCUT2D eigenvalue weighted by Crippen LogP contribution is 2.41. The first-order chi connectivity index (χ1) is 10.8. The topological polar surface area (TPSA) is 69.8 Å². The van der Waals surface area contributed by atoms with E-state index in [9.17, 15) is 4.79 Å². The molecule has 2 atom stereocenters. The molecule has 2 fully saturated rings. The summed E-state index contributed by atoms with van der Waals surface area (Å²) < 4.78 is 0. The molecule has 118 valence electrons. The Morgan fingerprint density at radius 2 is 2.05 bits per heavy atom. The van der Waals surface area contributed by atoms with Gasteiger partial charge in [-0.2, -0.15) is 0 Å². The fourth-order valence-corrected chi connectivity index (χ4v) is 3.88. The lowest BCUT2D eigenvalue weighted by molar-refractivity contribution is -0.105. The van der Waals surface area contributed by atoms with Gasteiger partial charge in [0, 0.05) is 23.8 Å². The van der Waals surface area contributed by atoms with E-state index in [1.165, 1.54) is 32.1 Å². The number of nitrogens with one attached hydrogen (secondary N) is 3. The highest BCUT2D eigenvalue weighted by atomic mass is 16.1. The fourth-order valence-electron chi connectivity index (χ4n) is 3.88. The second-order valence-electron chi connectivity index (χ2n) is 6.37. The Labute approximate surface area is 130 Å². The number of anilines is 1. The van der Waals surface area contributed by atoms with Gasteiger partial charge in [0.2, 0.25) is 6.41 Å². The van der Waals surface area contributed by atoms with Crippen LogP contribution in [0.1, 0.15) is 32.1 Å². The number of hydrogen-bond acceptors (Lipinski definition) is 3. The third-order valence-corrected chi connectivity index (χ3v) is 4.96. The summed E-state index contributed by atoms with van der Waals surface area (Å²) in [5, 5.41) is 6.90. The van der Waals surface area contributed by atoms with Crippen molar-refractivity contribution in [3.63, 3.8) is 0 Å². The molecule has 2 aliphatic rings. The fraction of sp³-hybridized carbons (Fsp3) is 0.529. The van der Waals surface area contributed by atoms with Crippen LogP contribution >= 0.6 is 0 Å². The first-order valence-electron chi connectivity index (χ1n) is 8.09. The molecule has 2 saturated carbocycles. The smallest absolute Gasteiger partial charge is 0.211 e. The van der Waals surface area contributed by atoms with Crippen LogP contribution in [0.3, 0.4) is 0 Å². The van der Waals surface area contributed by atoms with E-state index in [-0.39, 0.29) is 0 Å². The summed E-state index contributed by atoms with van der Waals surface area (Å²) in [6, 6.07) is 4.57. The minimum absolute atomic E-state index is 0.648. The third-order valence-electron chi connectivity index (χ3n) is 4.96. The van der Waals surface area contributed by atoms with Crippen LogP contribution in [0.5, 0.6) is 0 Å². The number of nitrogens with zero attached hydrogens (tertiary/aromatic N) is 1. The molecule has 2 aromatic rings. The standard InChI is InChI=1S/C9H17N.C8H7N3O/c1-10-9-5-7-2-3-8(4-7)6-9;12-5-11-7-4-10-8-6(7)2-1-3-9-8/h7-10H,2-6H2,1H3;1-5H,(H,9,10)(H,11,12). The van der Waals surface area contributed by atoms with Gasteiger partial charge in [-0.1, -0.05) is 12.8 Å². The summed E-state index contributed by atoms with van der Waals surface area (Å²) in [4.78, 5) is 17.2. The number of fused-ring (bicyclic) bond motifs is 3. The van der Waals surface area contributed by atoms with Crippen LogP contribution in [-0.4, -0.2) is 29.5 Å². The molecule has 0 saturated heterocycles. The molecule has 5 nitrogen and oxygen atoms in total. The van der Waals surface area contributed by atoms with E-state index in [2.05, 4.69) is 27.6 Å². The normalized spacial score (nSPS) is 26.3. The molecule has 0 aliphatic heterocycles. The number of amides is 1. The molecule has 2 heterocycles. The minimum Gasteiger partial charge on any atom is -0.344 e. The van der Waals surface area contributed by atoms with Crippen LogP contribution in [0, 0.1) is 11.8 Å². The third kappa shape index (κ3) is 3.30. The van der Waals surface area contributed by atoms with Gasteiger partial charge in [0.15, 0.2) is 0 Å². The van der Waals surface area contributed by atoms with Gasteiger partial charge in [-0.05, 0) is 50.3 Å². The molecule has 2 bridgehead atoms. The van der Waals surface area contributed by atoms with Crippen molar-refractivity contribution in [1.29, 1.82) is 0 Å². The van der Waals surface area contributed by atoms with Crippen LogP contribution in [0.2, 0.25) is 0 Å². The zero-order valence-corrected chi connectivity index (χ0v) is 13.0. The summed E-state index contributed by atoms with van der Waals surface area (Å²) in [6.45, 7) is 0. The molecule has 0 radical (unpaired) electrons. The van der Waals surface area contributed by atoms with E-state index in [1.54, 1.807) is 12.4 Å². The van der Waals surface area contributed by atoms with Crippen molar-refractivity contribution >= 4 is 23.1 Å². The van der Waals surface area contributed by atoms with Crippen molar-refractivity contribution in [2.45, 2.75) is 38.1 Å². The average molecular weight is 300 g/mol. The second-order valence-corrected chi connectivity index (χ2v) is 6.37. The molecule has 2 unspecified atom stereocenters. The predicted octanol–water partition coefficient (Wildman–Crippen LogP) is 2.92. The largest absolute Gasteiger partial charge is 0.344 e. The van der Waals surface area contributed by atoms with E-state index in [0.29, 0.717) is 6.41 Å². The molecule has 0 spiro atoms. The van der Waals surface area contributed by atoms with Gasteiger partial charge in [0.25, 0.3) is 0 Å². The maximum Gasteiger partial charge on any atom is 0.211 e. The van der Waals surface area contributed by atoms with Gasteiger partial charge in [-0.15, -0.1) is 0 Å². The van der Waals surface area contributed by atoms with Gasteiger partial charge in [0.05, 0.1) is 5.69 Å². The number of H-pyrrole nitrogens is 1. The molecular weight excluding hydrogens is 276 g/mol. The summed E-state index contributed by atoms with van der Waals surface area (Å²) in [5.41, 5.74) is 1.54. The van der Waals surface area contributed by atoms with Crippen LogP contribution in [-0.2, 0) is 4.79 Å². The molecule has 22 heavy (non-hydrogen) atoms. The van der Waals surface area contributed by atoms with Crippen molar-refractivity contribution < 1.29 is 4.79 Å². The molecule has 4 rings (SSSR count). The number of aromatic amines is 1. The average Bonchev–Trinajstić information content (AvgIpc) is 3.12. The molecule has 3 N–H and O–H groups in total. The van der Waals surface area contributed by atoms with Crippen LogP contribution < -0.4 is 10.6 Å². The molecule has 1 amide bonds. The highest BCUT2D eigenvalue weighted by molar-refractivity contribution is 5.94. The number of pyridine rings is 1. The van der Waals surface area contributed by atoms with E-state index in [1.807, 2.05) is 12.1 Å². The van der Waals surface area contributed by atoms with E-state index in [0.717, 1.165) is 34.6 Å². The Kier molecular flexibility index (Phi) is 4.73. The summed E-state index contributed by atoms with van der Waals surface area (Å²) in [5.74, 6) is 2.16. The number of rotatable bonds is 3. The summed E-state index contributed by atoms with van der Waals surface area (Å²) in [7, 11) is 2.11. The quantitative estimate of drug-likeness (QED) is 0.763. The Hall–Kier alpha value is -1.88. The number of aromatic nitrogens is 2. The van der Waals surface area contributed by atoms with E-state index in [4.69, 9.17) is 0 Å². The van der Waals surface area contributed by atoms with Crippen molar-refractivity contribution in [3.05, 3.63) is 24.5 Å². The highest BCUT2D eigenvalue weighted by Gasteiger charge is 2.32. The van der Waals surface area contributed by atoms with Crippen molar-refractivity contribution in [2.24, 2.45) is 11.8 Å². The second kappa shape index (κ2) is 6.92. The van der Waals surface area contributed by atoms with Gasteiger partial charge >= 0.3 is 0 Å². The zero-order chi connectivity index (χ0) is 15.4. The predicted molar refractivity (Wildman–Crippen MR) is 88.7 cm³/mol. The Morgan fingerprint density at radius 1 is 1.27 bits per heavy atom. The maximum absolute atomic E-state index is 10.2.